The predicted octanol–water partition coefficient (Wildman–Crippen LogP) is 3.07. The third-order valence-electron chi connectivity index (χ3n) is 4.07. The number of ether oxygens (including phenoxy) is 1. The molecule has 0 aliphatic carbocycles. The largest absolute Gasteiger partial charge is 0.497 e. The Morgan fingerprint density at radius 1 is 1.00 bits per heavy atom. The second-order valence-electron chi connectivity index (χ2n) is 5.98. The van der Waals surface area contributed by atoms with Gasteiger partial charge < -0.3 is 15.4 Å². The third-order valence-corrected chi connectivity index (χ3v) is 4.07. The minimum atomic E-state index is -0.208. The fraction of sp³-hybridized carbons (Fsp3) is 0.190. The first-order chi connectivity index (χ1) is 13.2. The first kappa shape index (κ1) is 18.4. The average Bonchev–Trinajstić information content (AvgIpc) is 2.73. The van der Waals surface area contributed by atoms with Gasteiger partial charge in [-0.1, -0.05) is 42.5 Å². The molecule has 6 heteroatoms. The van der Waals surface area contributed by atoms with Crippen molar-refractivity contribution in [3.8, 4) is 5.75 Å². The zero-order valence-corrected chi connectivity index (χ0v) is 15.2. The zero-order chi connectivity index (χ0) is 18.9. The molecule has 0 unspecified atom stereocenters. The zero-order valence-electron chi connectivity index (χ0n) is 15.2. The highest BCUT2D eigenvalue weighted by Gasteiger charge is 2.08. The first-order valence-electron chi connectivity index (χ1n) is 8.75. The number of hydrogen-bond donors (Lipinski definition) is 2. The molecule has 1 heterocycles. The van der Waals surface area contributed by atoms with Crippen LogP contribution in [0.25, 0.3) is 0 Å². The van der Waals surface area contributed by atoms with Crippen LogP contribution in [0.4, 0.5) is 5.82 Å². The van der Waals surface area contributed by atoms with Gasteiger partial charge in [-0.3, -0.25) is 4.79 Å². The van der Waals surface area contributed by atoms with Crippen LogP contribution in [0.15, 0.2) is 67.0 Å². The Morgan fingerprint density at radius 2 is 1.78 bits per heavy atom. The SMILES string of the molecule is COc1ccc(CNc2cc(C(=O)NCCc3ccccc3)ncn2)cc1. The molecule has 0 radical (unpaired) electrons. The Labute approximate surface area is 158 Å². The number of aromatic nitrogens is 2. The summed E-state index contributed by atoms with van der Waals surface area (Å²) < 4.78 is 5.15. The highest BCUT2D eigenvalue weighted by Crippen LogP contribution is 2.13. The fourth-order valence-corrected chi connectivity index (χ4v) is 2.57. The predicted molar refractivity (Wildman–Crippen MR) is 105 cm³/mol. The third kappa shape index (κ3) is 5.54. The number of nitrogens with zero attached hydrogens (tertiary/aromatic N) is 2. The van der Waals surface area contributed by atoms with Crippen LogP contribution in [0.1, 0.15) is 21.6 Å². The van der Waals surface area contributed by atoms with Crippen molar-refractivity contribution in [3.63, 3.8) is 0 Å². The maximum Gasteiger partial charge on any atom is 0.270 e. The maximum atomic E-state index is 12.3. The van der Waals surface area contributed by atoms with E-state index in [1.807, 2.05) is 54.6 Å². The van der Waals surface area contributed by atoms with Crippen molar-refractivity contribution in [1.82, 2.24) is 15.3 Å². The van der Waals surface area contributed by atoms with Gasteiger partial charge in [0.2, 0.25) is 0 Å². The molecule has 27 heavy (non-hydrogen) atoms. The molecule has 0 saturated carbocycles. The molecule has 3 rings (SSSR count). The molecule has 0 atom stereocenters. The Balaban J connectivity index is 1.51. The second kappa shape index (κ2) is 9.33. The van der Waals surface area contributed by atoms with Crippen molar-refractivity contribution in [2.75, 3.05) is 19.0 Å². The van der Waals surface area contributed by atoms with Gasteiger partial charge in [-0.2, -0.15) is 0 Å². The lowest BCUT2D eigenvalue weighted by Crippen LogP contribution is -2.26. The molecule has 0 spiro atoms. The second-order valence-corrected chi connectivity index (χ2v) is 5.98. The number of nitrogens with one attached hydrogen (secondary N) is 2. The number of amides is 1. The molecule has 138 valence electrons. The van der Waals surface area contributed by atoms with E-state index in [0.717, 1.165) is 17.7 Å². The molecule has 2 N–H and O–H groups in total. The number of carbonyl (C=O) groups is 1. The summed E-state index contributed by atoms with van der Waals surface area (Å²) >= 11 is 0. The molecule has 0 bridgehead atoms. The van der Waals surface area contributed by atoms with Crippen molar-refractivity contribution < 1.29 is 9.53 Å². The minimum Gasteiger partial charge on any atom is -0.497 e. The molecule has 3 aromatic rings. The number of carbonyl (C=O) groups excluding carboxylic acids is 1. The van der Waals surface area contributed by atoms with E-state index in [4.69, 9.17) is 4.74 Å². The van der Waals surface area contributed by atoms with Gasteiger partial charge in [0.1, 0.15) is 23.6 Å². The van der Waals surface area contributed by atoms with E-state index in [0.29, 0.717) is 24.6 Å². The van der Waals surface area contributed by atoms with Crippen molar-refractivity contribution in [2.45, 2.75) is 13.0 Å². The van der Waals surface area contributed by atoms with E-state index >= 15 is 0 Å². The van der Waals surface area contributed by atoms with Gasteiger partial charge >= 0.3 is 0 Å². The van der Waals surface area contributed by atoms with Crippen LogP contribution in [-0.4, -0.2) is 29.5 Å². The summed E-state index contributed by atoms with van der Waals surface area (Å²) in [6, 6.07) is 19.4. The van der Waals surface area contributed by atoms with Crippen molar-refractivity contribution in [3.05, 3.63) is 83.8 Å². The molecule has 0 fully saturated rings. The lowest BCUT2D eigenvalue weighted by atomic mass is 10.1. The summed E-state index contributed by atoms with van der Waals surface area (Å²) in [5.41, 5.74) is 2.61. The van der Waals surface area contributed by atoms with Crippen molar-refractivity contribution in [1.29, 1.82) is 0 Å². The van der Waals surface area contributed by atoms with Crippen LogP contribution in [0.3, 0.4) is 0 Å². The quantitative estimate of drug-likeness (QED) is 0.644. The number of anilines is 1. The Kier molecular flexibility index (Phi) is 6.35. The highest BCUT2D eigenvalue weighted by atomic mass is 16.5. The summed E-state index contributed by atoms with van der Waals surface area (Å²) in [5.74, 6) is 1.21. The molecule has 0 aliphatic heterocycles. The maximum absolute atomic E-state index is 12.3. The summed E-state index contributed by atoms with van der Waals surface area (Å²) in [6.45, 7) is 1.15. The smallest absolute Gasteiger partial charge is 0.270 e. The van der Waals surface area contributed by atoms with E-state index in [1.165, 1.54) is 11.9 Å². The van der Waals surface area contributed by atoms with Crippen molar-refractivity contribution >= 4 is 11.7 Å². The Hall–Kier alpha value is -3.41. The fourth-order valence-electron chi connectivity index (χ4n) is 2.57. The number of methoxy groups -OCH3 is 1. The van der Waals surface area contributed by atoms with Gasteiger partial charge in [-0.25, -0.2) is 9.97 Å². The molecule has 2 aromatic carbocycles. The molecule has 0 aliphatic rings. The molecule has 0 saturated heterocycles. The summed E-state index contributed by atoms with van der Waals surface area (Å²) in [7, 11) is 1.64. The van der Waals surface area contributed by atoms with E-state index < -0.39 is 0 Å². The van der Waals surface area contributed by atoms with Crippen LogP contribution >= 0.6 is 0 Å². The van der Waals surface area contributed by atoms with Gasteiger partial charge in [0, 0.05) is 19.2 Å². The monoisotopic (exact) mass is 362 g/mol. The molecule has 1 aromatic heterocycles. The number of rotatable bonds is 8. The Morgan fingerprint density at radius 3 is 2.52 bits per heavy atom. The van der Waals surface area contributed by atoms with Gasteiger partial charge in [-0.05, 0) is 29.7 Å². The topological polar surface area (TPSA) is 76.1 Å². The van der Waals surface area contributed by atoms with E-state index in [2.05, 4.69) is 20.6 Å². The van der Waals surface area contributed by atoms with E-state index in [9.17, 15) is 4.79 Å². The summed E-state index contributed by atoms with van der Waals surface area (Å²) in [6.07, 6.45) is 2.17. The minimum absolute atomic E-state index is 0.208. The molecule has 6 nitrogen and oxygen atoms in total. The van der Waals surface area contributed by atoms with Gasteiger partial charge in [0.05, 0.1) is 7.11 Å². The first-order valence-corrected chi connectivity index (χ1v) is 8.75. The molecular weight excluding hydrogens is 340 g/mol. The average molecular weight is 362 g/mol. The summed E-state index contributed by atoms with van der Waals surface area (Å²) in [4.78, 5) is 20.5. The van der Waals surface area contributed by atoms with E-state index in [-0.39, 0.29) is 5.91 Å². The lowest BCUT2D eigenvalue weighted by molar-refractivity contribution is 0.0949. The normalized spacial score (nSPS) is 10.3. The van der Waals surface area contributed by atoms with Crippen LogP contribution < -0.4 is 15.4 Å². The Bertz CT molecular complexity index is 867. The van der Waals surface area contributed by atoms with Crippen LogP contribution in [-0.2, 0) is 13.0 Å². The number of hydrogen-bond acceptors (Lipinski definition) is 5. The molecular formula is C21H22N4O2. The number of benzene rings is 2. The van der Waals surface area contributed by atoms with Gasteiger partial charge in [0.15, 0.2) is 0 Å². The van der Waals surface area contributed by atoms with Crippen LogP contribution in [0.5, 0.6) is 5.75 Å². The van der Waals surface area contributed by atoms with Gasteiger partial charge in [0.25, 0.3) is 5.91 Å². The van der Waals surface area contributed by atoms with Crippen molar-refractivity contribution in [2.24, 2.45) is 0 Å². The highest BCUT2D eigenvalue weighted by molar-refractivity contribution is 5.92. The van der Waals surface area contributed by atoms with Crippen LogP contribution in [0, 0.1) is 0 Å². The lowest BCUT2D eigenvalue weighted by Gasteiger charge is -2.08. The van der Waals surface area contributed by atoms with Gasteiger partial charge in [-0.15, -0.1) is 0 Å². The van der Waals surface area contributed by atoms with E-state index in [1.54, 1.807) is 13.2 Å². The molecule has 1 amide bonds. The standard InChI is InChI=1S/C21H22N4O2/c1-27-18-9-7-17(8-10-18)14-23-20-13-19(24-15-25-20)21(26)22-12-11-16-5-3-2-4-6-16/h2-10,13,15H,11-12,14H2,1H3,(H,22,26)(H,23,24,25). The van der Waals surface area contributed by atoms with Crippen LogP contribution in [0.2, 0.25) is 0 Å². The summed E-state index contributed by atoms with van der Waals surface area (Å²) in [5, 5.41) is 6.09.